The largest absolute Gasteiger partial charge is 0.382 e. The predicted octanol–water partition coefficient (Wildman–Crippen LogP) is 3.32. The monoisotopic (exact) mass is 270 g/mol. The van der Waals surface area contributed by atoms with Gasteiger partial charge in [-0.2, -0.15) is 5.10 Å². The van der Waals surface area contributed by atoms with Crippen LogP contribution in [0.1, 0.15) is 38.2 Å². The molecule has 20 heavy (non-hydrogen) atoms. The minimum absolute atomic E-state index is 0.654. The van der Waals surface area contributed by atoms with Crippen LogP contribution in [0.2, 0.25) is 0 Å². The standard InChI is InChI=1S/C16H22N4/c1-2-13-3-8-16(9-13)19-15-6-4-14(5-7-15)10-20-12-17-11-18-20/h4-7,11-13,16,19H,2-3,8-10H2,1H3. The molecule has 2 aromatic rings. The van der Waals surface area contributed by atoms with Gasteiger partial charge in [0.05, 0.1) is 6.54 Å². The van der Waals surface area contributed by atoms with Crippen LogP contribution in [0, 0.1) is 5.92 Å². The molecule has 1 aliphatic carbocycles. The molecule has 3 rings (SSSR count). The minimum Gasteiger partial charge on any atom is -0.382 e. The van der Waals surface area contributed by atoms with E-state index in [0.29, 0.717) is 6.04 Å². The normalized spacial score (nSPS) is 22.1. The van der Waals surface area contributed by atoms with Gasteiger partial charge < -0.3 is 5.32 Å². The van der Waals surface area contributed by atoms with E-state index in [0.717, 1.165) is 12.5 Å². The van der Waals surface area contributed by atoms with E-state index in [-0.39, 0.29) is 0 Å². The van der Waals surface area contributed by atoms with Gasteiger partial charge >= 0.3 is 0 Å². The van der Waals surface area contributed by atoms with Crippen LogP contribution in [0.15, 0.2) is 36.9 Å². The van der Waals surface area contributed by atoms with E-state index in [2.05, 4.69) is 46.6 Å². The van der Waals surface area contributed by atoms with E-state index in [1.807, 2.05) is 4.68 Å². The molecule has 2 unspecified atom stereocenters. The van der Waals surface area contributed by atoms with E-state index in [1.54, 1.807) is 12.7 Å². The lowest BCUT2D eigenvalue weighted by atomic mass is 10.1. The van der Waals surface area contributed by atoms with Crippen molar-refractivity contribution in [3.63, 3.8) is 0 Å². The van der Waals surface area contributed by atoms with Gasteiger partial charge in [-0.1, -0.05) is 25.5 Å². The molecule has 1 heterocycles. The van der Waals surface area contributed by atoms with Gasteiger partial charge in [0.15, 0.2) is 0 Å². The van der Waals surface area contributed by atoms with Gasteiger partial charge in [-0.3, -0.25) is 0 Å². The first kappa shape index (κ1) is 13.2. The summed E-state index contributed by atoms with van der Waals surface area (Å²) in [5.74, 6) is 0.916. The fourth-order valence-electron chi connectivity index (χ4n) is 3.02. The summed E-state index contributed by atoms with van der Waals surface area (Å²) in [6.07, 6.45) is 8.62. The number of anilines is 1. The minimum atomic E-state index is 0.654. The van der Waals surface area contributed by atoms with E-state index < -0.39 is 0 Å². The van der Waals surface area contributed by atoms with Crippen molar-refractivity contribution in [3.05, 3.63) is 42.5 Å². The highest BCUT2D eigenvalue weighted by Crippen LogP contribution is 2.30. The predicted molar refractivity (Wildman–Crippen MR) is 80.6 cm³/mol. The van der Waals surface area contributed by atoms with Gasteiger partial charge in [0.2, 0.25) is 0 Å². The molecule has 0 radical (unpaired) electrons. The Bertz CT molecular complexity index is 518. The molecule has 0 aliphatic heterocycles. The maximum absolute atomic E-state index is 4.12. The number of aromatic nitrogens is 3. The first-order valence-electron chi connectivity index (χ1n) is 7.51. The van der Waals surface area contributed by atoms with Gasteiger partial charge in [-0.25, -0.2) is 9.67 Å². The lowest BCUT2D eigenvalue weighted by Gasteiger charge is -2.14. The molecule has 0 amide bonds. The average molecular weight is 270 g/mol. The van der Waals surface area contributed by atoms with Crippen molar-refractivity contribution in [1.29, 1.82) is 0 Å². The Morgan fingerprint density at radius 2 is 2.10 bits per heavy atom. The summed E-state index contributed by atoms with van der Waals surface area (Å²) < 4.78 is 1.84. The van der Waals surface area contributed by atoms with Crippen LogP contribution >= 0.6 is 0 Å². The quantitative estimate of drug-likeness (QED) is 0.906. The summed E-state index contributed by atoms with van der Waals surface area (Å²) in [5, 5.41) is 7.78. The van der Waals surface area contributed by atoms with Crippen LogP contribution < -0.4 is 5.32 Å². The molecule has 0 spiro atoms. The zero-order valence-corrected chi connectivity index (χ0v) is 12.0. The van der Waals surface area contributed by atoms with Crippen LogP contribution in [0.5, 0.6) is 0 Å². The molecular formula is C16H22N4. The summed E-state index contributed by atoms with van der Waals surface area (Å²) in [6.45, 7) is 3.08. The highest BCUT2D eigenvalue weighted by atomic mass is 15.3. The number of nitrogens with zero attached hydrogens (tertiary/aromatic N) is 3. The Morgan fingerprint density at radius 1 is 1.25 bits per heavy atom. The smallest absolute Gasteiger partial charge is 0.137 e. The average Bonchev–Trinajstić information content (AvgIpc) is 3.12. The number of hydrogen-bond donors (Lipinski definition) is 1. The third-order valence-electron chi connectivity index (χ3n) is 4.25. The molecule has 4 heteroatoms. The van der Waals surface area contributed by atoms with Crippen LogP contribution in [-0.2, 0) is 6.54 Å². The zero-order chi connectivity index (χ0) is 13.8. The zero-order valence-electron chi connectivity index (χ0n) is 12.0. The van der Waals surface area contributed by atoms with Gasteiger partial charge in [-0.05, 0) is 42.9 Å². The van der Waals surface area contributed by atoms with Gasteiger partial charge in [0.25, 0.3) is 0 Å². The lowest BCUT2D eigenvalue weighted by molar-refractivity contribution is 0.525. The maximum atomic E-state index is 4.12. The van der Waals surface area contributed by atoms with Crippen LogP contribution in [0.3, 0.4) is 0 Å². The first-order valence-corrected chi connectivity index (χ1v) is 7.51. The fourth-order valence-corrected chi connectivity index (χ4v) is 3.02. The number of rotatable bonds is 5. The first-order chi connectivity index (χ1) is 9.83. The summed E-state index contributed by atoms with van der Waals surface area (Å²) in [4.78, 5) is 3.96. The molecule has 1 aromatic carbocycles. The van der Waals surface area contributed by atoms with Crippen molar-refractivity contribution in [1.82, 2.24) is 14.8 Å². The van der Waals surface area contributed by atoms with Gasteiger partial charge in [-0.15, -0.1) is 0 Å². The number of hydrogen-bond acceptors (Lipinski definition) is 3. The van der Waals surface area contributed by atoms with Gasteiger partial charge in [0, 0.05) is 11.7 Å². The van der Waals surface area contributed by atoms with Crippen LogP contribution in [0.4, 0.5) is 5.69 Å². The van der Waals surface area contributed by atoms with Gasteiger partial charge in [0.1, 0.15) is 12.7 Å². The highest BCUT2D eigenvalue weighted by molar-refractivity contribution is 5.45. The Labute approximate surface area is 120 Å². The Kier molecular flexibility index (Phi) is 4.00. The molecule has 0 saturated heterocycles. The van der Waals surface area contributed by atoms with Crippen molar-refractivity contribution < 1.29 is 0 Å². The second-order valence-electron chi connectivity index (χ2n) is 5.72. The second kappa shape index (κ2) is 6.07. The van der Waals surface area contributed by atoms with E-state index in [9.17, 15) is 0 Å². The summed E-state index contributed by atoms with van der Waals surface area (Å²) in [6, 6.07) is 9.32. The second-order valence-corrected chi connectivity index (χ2v) is 5.72. The number of nitrogens with one attached hydrogen (secondary N) is 1. The Hall–Kier alpha value is -1.84. The van der Waals surface area contributed by atoms with E-state index >= 15 is 0 Å². The van der Waals surface area contributed by atoms with Crippen molar-refractivity contribution in [2.24, 2.45) is 5.92 Å². The Balaban J connectivity index is 1.56. The molecule has 2 atom stereocenters. The summed E-state index contributed by atoms with van der Waals surface area (Å²) >= 11 is 0. The maximum Gasteiger partial charge on any atom is 0.137 e. The third kappa shape index (κ3) is 3.18. The van der Waals surface area contributed by atoms with E-state index in [1.165, 1.54) is 36.9 Å². The molecule has 1 N–H and O–H groups in total. The molecule has 1 aliphatic rings. The van der Waals surface area contributed by atoms with Crippen molar-refractivity contribution in [2.45, 2.75) is 45.2 Å². The van der Waals surface area contributed by atoms with Crippen molar-refractivity contribution >= 4 is 5.69 Å². The fraction of sp³-hybridized carbons (Fsp3) is 0.500. The highest BCUT2D eigenvalue weighted by Gasteiger charge is 2.22. The van der Waals surface area contributed by atoms with Crippen LogP contribution in [-0.4, -0.2) is 20.8 Å². The molecule has 106 valence electrons. The SMILES string of the molecule is CCC1CCC(Nc2ccc(Cn3cncn3)cc2)C1. The summed E-state index contributed by atoms with van der Waals surface area (Å²) in [7, 11) is 0. The molecular weight excluding hydrogens is 248 g/mol. The lowest BCUT2D eigenvalue weighted by Crippen LogP contribution is -2.15. The summed E-state index contributed by atoms with van der Waals surface area (Å²) in [5.41, 5.74) is 2.48. The molecule has 1 fully saturated rings. The van der Waals surface area contributed by atoms with Crippen molar-refractivity contribution in [2.75, 3.05) is 5.32 Å². The molecule has 0 bridgehead atoms. The topological polar surface area (TPSA) is 42.7 Å². The third-order valence-corrected chi connectivity index (χ3v) is 4.25. The van der Waals surface area contributed by atoms with E-state index in [4.69, 9.17) is 0 Å². The molecule has 4 nitrogen and oxygen atoms in total. The number of benzene rings is 1. The van der Waals surface area contributed by atoms with Crippen LogP contribution in [0.25, 0.3) is 0 Å². The molecule has 1 saturated carbocycles. The molecule has 1 aromatic heterocycles. The Morgan fingerprint density at radius 3 is 2.75 bits per heavy atom. The van der Waals surface area contributed by atoms with Crippen molar-refractivity contribution in [3.8, 4) is 0 Å².